The lowest BCUT2D eigenvalue weighted by atomic mass is 10.0. The van der Waals surface area contributed by atoms with Crippen molar-refractivity contribution in [3.63, 3.8) is 0 Å². The number of benzene rings is 1. The van der Waals surface area contributed by atoms with Crippen LogP contribution in [0.15, 0.2) is 42.7 Å². The van der Waals surface area contributed by atoms with E-state index in [1.807, 2.05) is 24.1 Å². The predicted molar refractivity (Wildman–Crippen MR) is 122 cm³/mol. The maximum Gasteiger partial charge on any atom is 0.225 e. The van der Waals surface area contributed by atoms with Crippen LogP contribution in [0.5, 0.6) is 5.75 Å². The smallest absolute Gasteiger partial charge is 0.225 e. The van der Waals surface area contributed by atoms with Crippen molar-refractivity contribution in [2.75, 3.05) is 44.4 Å². The molecule has 29 heavy (non-hydrogen) atoms. The lowest BCUT2D eigenvalue weighted by Gasteiger charge is -2.23. The van der Waals surface area contributed by atoms with Crippen LogP contribution >= 0.6 is 23.5 Å². The molecule has 5 nitrogen and oxygen atoms in total. The van der Waals surface area contributed by atoms with E-state index in [1.165, 1.54) is 17.6 Å². The number of ether oxygens (including phenoxy) is 1. The van der Waals surface area contributed by atoms with Gasteiger partial charge in [-0.25, -0.2) is 14.3 Å². The van der Waals surface area contributed by atoms with Crippen LogP contribution in [0.1, 0.15) is 18.4 Å². The average molecular weight is 431 g/mol. The number of methoxy groups -OCH3 is 1. The summed E-state index contributed by atoms with van der Waals surface area (Å²) in [7, 11) is 1.70. The second-order valence-corrected chi connectivity index (χ2v) is 8.96. The highest BCUT2D eigenvalue weighted by Gasteiger charge is 2.45. The summed E-state index contributed by atoms with van der Waals surface area (Å²) in [5, 5.41) is 0.605. The first-order chi connectivity index (χ1) is 14.2. The Labute approximate surface area is 182 Å². The Morgan fingerprint density at radius 3 is 2.34 bits per heavy atom. The van der Waals surface area contributed by atoms with Crippen LogP contribution in [-0.4, -0.2) is 53.8 Å². The molecule has 1 aromatic heterocycles. The van der Waals surface area contributed by atoms with E-state index in [2.05, 4.69) is 43.6 Å². The first kappa shape index (κ1) is 20.5. The van der Waals surface area contributed by atoms with E-state index in [0.29, 0.717) is 5.02 Å². The van der Waals surface area contributed by atoms with Crippen molar-refractivity contribution in [3.8, 4) is 5.75 Å². The average Bonchev–Trinajstić information content (AvgIpc) is 3.40. The van der Waals surface area contributed by atoms with Crippen molar-refractivity contribution in [1.82, 2.24) is 14.3 Å². The van der Waals surface area contributed by atoms with E-state index in [-0.39, 0.29) is 0 Å². The SMILES string of the molecule is COc1ccc(C2=CCN(SC)CC2)cc1.Clc1cnc(N2CC3CC3C2)nc1. The Morgan fingerprint density at radius 1 is 1.10 bits per heavy atom. The molecular formula is C22H27ClN4OS. The van der Waals surface area contributed by atoms with Gasteiger partial charge in [0.1, 0.15) is 5.75 Å². The van der Waals surface area contributed by atoms with Crippen molar-refractivity contribution in [3.05, 3.63) is 53.3 Å². The summed E-state index contributed by atoms with van der Waals surface area (Å²) in [6.45, 7) is 4.44. The summed E-state index contributed by atoms with van der Waals surface area (Å²) >= 11 is 7.53. The van der Waals surface area contributed by atoms with Crippen molar-refractivity contribution >= 4 is 35.1 Å². The molecule has 2 fully saturated rings. The number of hydrogen-bond acceptors (Lipinski definition) is 6. The third kappa shape index (κ3) is 5.24. The number of piperidine rings is 1. The molecule has 2 aliphatic heterocycles. The fourth-order valence-corrected chi connectivity index (χ4v) is 4.51. The molecule has 1 aromatic carbocycles. The van der Waals surface area contributed by atoms with Gasteiger partial charge in [0, 0.05) is 26.2 Å². The molecule has 154 valence electrons. The Morgan fingerprint density at radius 2 is 1.79 bits per heavy atom. The molecule has 3 aliphatic rings. The highest BCUT2D eigenvalue weighted by Crippen LogP contribution is 2.45. The molecule has 3 heterocycles. The summed E-state index contributed by atoms with van der Waals surface area (Å²) in [5.74, 6) is 3.58. The normalized spacial score (nSPS) is 23.0. The van der Waals surface area contributed by atoms with Gasteiger partial charge in [0.05, 0.1) is 24.5 Å². The number of anilines is 1. The van der Waals surface area contributed by atoms with Crippen LogP contribution in [0, 0.1) is 11.8 Å². The molecular weight excluding hydrogens is 404 g/mol. The van der Waals surface area contributed by atoms with E-state index in [4.69, 9.17) is 16.3 Å². The van der Waals surface area contributed by atoms with Crippen LogP contribution in [0.2, 0.25) is 5.02 Å². The lowest BCUT2D eigenvalue weighted by molar-refractivity contribution is 0.414. The Hall–Kier alpha value is -1.76. The van der Waals surface area contributed by atoms with Crippen LogP contribution in [0.4, 0.5) is 5.95 Å². The van der Waals surface area contributed by atoms with Gasteiger partial charge in [0.15, 0.2) is 0 Å². The minimum Gasteiger partial charge on any atom is -0.497 e. The second kappa shape index (κ2) is 9.37. The lowest BCUT2D eigenvalue weighted by Crippen LogP contribution is -2.23. The van der Waals surface area contributed by atoms with Gasteiger partial charge in [0.25, 0.3) is 0 Å². The van der Waals surface area contributed by atoms with E-state index < -0.39 is 0 Å². The van der Waals surface area contributed by atoms with Crippen LogP contribution in [-0.2, 0) is 0 Å². The molecule has 1 aliphatic carbocycles. The van der Waals surface area contributed by atoms with Gasteiger partial charge in [-0.1, -0.05) is 41.8 Å². The number of aromatic nitrogens is 2. The summed E-state index contributed by atoms with van der Waals surface area (Å²) in [6.07, 6.45) is 10.3. The number of hydrogen-bond donors (Lipinski definition) is 0. The van der Waals surface area contributed by atoms with Crippen LogP contribution in [0.3, 0.4) is 0 Å². The maximum atomic E-state index is 5.71. The number of nitrogens with zero attached hydrogens (tertiary/aromatic N) is 4. The van der Waals surface area contributed by atoms with E-state index >= 15 is 0 Å². The molecule has 0 radical (unpaired) electrons. The minimum absolute atomic E-state index is 0.605. The first-order valence-corrected chi connectivity index (χ1v) is 11.6. The molecule has 1 saturated heterocycles. The highest BCUT2D eigenvalue weighted by atomic mass is 35.5. The van der Waals surface area contributed by atoms with Gasteiger partial charge in [-0.2, -0.15) is 0 Å². The predicted octanol–water partition coefficient (Wildman–Crippen LogP) is 4.65. The molecule has 2 aromatic rings. The molecule has 0 N–H and O–H groups in total. The van der Waals surface area contributed by atoms with Crippen LogP contribution in [0.25, 0.3) is 5.57 Å². The maximum absolute atomic E-state index is 5.71. The third-order valence-corrected chi connectivity index (χ3v) is 6.80. The molecule has 2 unspecified atom stereocenters. The molecule has 5 rings (SSSR count). The summed E-state index contributed by atoms with van der Waals surface area (Å²) < 4.78 is 7.53. The van der Waals surface area contributed by atoms with Gasteiger partial charge < -0.3 is 9.64 Å². The summed E-state index contributed by atoms with van der Waals surface area (Å²) in [5.41, 5.74) is 2.77. The van der Waals surface area contributed by atoms with E-state index in [9.17, 15) is 0 Å². The molecule has 7 heteroatoms. The second-order valence-electron chi connectivity index (χ2n) is 7.64. The van der Waals surface area contributed by atoms with Gasteiger partial charge in [0.2, 0.25) is 5.95 Å². The summed E-state index contributed by atoms with van der Waals surface area (Å²) in [4.78, 5) is 10.6. The standard InChI is InChI=1S/C13H17NOS.C9H10ClN3/c1-15-13-5-3-11(4-6-13)12-7-9-14(16-2)10-8-12;10-8-2-11-9(12-3-8)13-4-6-1-7(6)5-13/h3-7H,8-10H2,1-2H3;2-3,6-7H,1,4-5H2. The Kier molecular flexibility index (Phi) is 6.63. The van der Waals surface area contributed by atoms with Gasteiger partial charge in [-0.15, -0.1) is 0 Å². The zero-order valence-corrected chi connectivity index (χ0v) is 18.5. The largest absolute Gasteiger partial charge is 0.497 e. The molecule has 1 saturated carbocycles. The zero-order valence-electron chi connectivity index (χ0n) is 16.9. The van der Waals surface area contributed by atoms with Crippen LogP contribution < -0.4 is 9.64 Å². The molecule has 0 amide bonds. The van der Waals surface area contributed by atoms with Crippen molar-refractivity contribution in [1.29, 1.82) is 0 Å². The number of rotatable bonds is 4. The Bertz CT molecular complexity index is 833. The van der Waals surface area contributed by atoms with Gasteiger partial charge in [-0.05, 0) is 54.2 Å². The van der Waals surface area contributed by atoms with Crippen molar-refractivity contribution in [2.45, 2.75) is 12.8 Å². The fraction of sp³-hybridized carbons (Fsp3) is 0.455. The van der Waals surface area contributed by atoms with Gasteiger partial charge >= 0.3 is 0 Å². The molecule has 0 bridgehead atoms. The van der Waals surface area contributed by atoms with E-state index in [0.717, 1.165) is 56.1 Å². The fourth-order valence-electron chi connectivity index (χ4n) is 3.91. The third-order valence-electron chi connectivity index (χ3n) is 5.76. The molecule has 0 spiro atoms. The Balaban J connectivity index is 0.000000144. The quantitative estimate of drug-likeness (QED) is 0.658. The minimum atomic E-state index is 0.605. The number of halogens is 1. The highest BCUT2D eigenvalue weighted by molar-refractivity contribution is 7.96. The van der Waals surface area contributed by atoms with Gasteiger partial charge in [-0.3, -0.25) is 0 Å². The van der Waals surface area contributed by atoms with E-state index in [1.54, 1.807) is 19.5 Å². The summed E-state index contributed by atoms with van der Waals surface area (Å²) in [6, 6.07) is 8.33. The first-order valence-electron chi connectivity index (χ1n) is 10.0. The molecule has 2 atom stereocenters. The van der Waals surface area contributed by atoms with Crippen molar-refractivity contribution < 1.29 is 4.74 Å². The topological polar surface area (TPSA) is 41.5 Å². The van der Waals surface area contributed by atoms with Crippen molar-refractivity contribution in [2.24, 2.45) is 11.8 Å². The monoisotopic (exact) mass is 430 g/mol. The zero-order chi connectivity index (χ0) is 20.2. The number of fused-ring (bicyclic) bond motifs is 1.